The smallest absolute Gasteiger partial charge is 0.410 e. The first kappa shape index (κ1) is 13.8. The highest BCUT2D eigenvalue weighted by atomic mass is 16.6. The van der Waals surface area contributed by atoms with Gasteiger partial charge in [-0.2, -0.15) is 0 Å². The van der Waals surface area contributed by atoms with E-state index in [2.05, 4.69) is 6.92 Å². The van der Waals surface area contributed by atoms with Crippen LogP contribution < -0.4 is 0 Å². The average molecular weight is 268 g/mol. The molecule has 2 saturated heterocycles. The molecule has 0 spiro atoms. The van der Waals surface area contributed by atoms with Crippen molar-refractivity contribution in [1.82, 2.24) is 9.80 Å². The van der Waals surface area contributed by atoms with Crippen LogP contribution in [0.2, 0.25) is 0 Å². The van der Waals surface area contributed by atoms with Gasteiger partial charge in [-0.25, -0.2) is 4.79 Å². The first-order valence-corrected chi connectivity index (χ1v) is 6.79. The van der Waals surface area contributed by atoms with Gasteiger partial charge in [0.1, 0.15) is 12.4 Å². The van der Waals surface area contributed by atoms with E-state index in [1.807, 2.05) is 0 Å². The van der Waals surface area contributed by atoms with Gasteiger partial charge >= 0.3 is 6.09 Å². The third-order valence-electron chi connectivity index (χ3n) is 4.03. The van der Waals surface area contributed by atoms with Crippen molar-refractivity contribution >= 4 is 18.8 Å². The summed E-state index contributed by atoms with van der Waals surface area (Å²) in [6, 6.07) is -0.461. The van der Waals surface area contributed by atoms with E-state index in [0.29, 0.717) is 25.3 Å². The Morgan fingerprint density at radius 3 is 2.68 bits per heavy atom. The summed E-state index contributed by atoms with van der Waals surface area (Å²) in [5, 5.41) is 0. The highest BCUT2D eigenvalue weighted by Gasteiger charge is 2.35. The molecule has 2 rings (SSSR count). The van der Waals surface area contributed by atoms with Crippen LogP contribution in [-0.2, 0) is 14.3 Å². The van der Waals surface area contributed by atoms with E-state index in [0.717, 1.165) is 32.2 Å². The van der Waals surface area contributed by atoms with E-state index in [9.17, 15) is 14.4 Å². The maximum Gasteiger partial charge on any atom is 0.410 e. The Kier molecular flexibility index (Phi) is 4.39. The summed E-state index contributed by atoms with van der Waals surface area (Å²) in [5.41, 5.74) is 0. The Bertz CT molecular complexity index is 345. The number of aldehydes is 1. The third-order valence-corrected chi connectivity index (χ3v) is 4.03. The van der Waals surface area contributed by atoms with Gasteiger partial charge < -0.3 is 19.3 Å². The van der Waals surface area contributed by atoms with Crippen molar-refractivity contribution in [2.75, 3.05) is 19.6 Å². The highest BCUT2D eigenvalue weighted by Crippen LogP contribution is 2.22. The number of likely N-dealkylation sites (tertiary alicyclic amines) is 2. The van der Waals surface area contributed by atoms with Gasteiger partial charge in [-0.1, -0.05) is 13.3 Å². The molecule has 2 aliphatic rings. The molecule has 6 nitrogen and oxygen atoms in total. The molecule has 0 N–H and O–H groups in total. The minimum atomic E-state index is -0.461. The molecule has 3 atom stereocenters. The molecular formula is C13H20N2O4. The van der Waals surface area contributed by atoms with E-state index >= 15 is 0 Å². The maximum absolute atomic E-state index is 12.0. The van der Waals surface area contributed by atoms with Gasteiger partial charge in [0, 0.05) is 19.5 Å². The standard InChI is InChI=1S/C13H20N2O4/c1-2-10-3-4-14(6-10)13(18)19-12-5-11(8-16)15(7-12)9-17/h8-12H,2-7H2,1H3. The van der Waals surface area contributed by atoms with Crippen molar-refractivity contribution in [3.05, 3.63) is 0 Å². The lowest BCUT2D eigenvalue weighted by molar-refractivity contribution is -0.123. The van der Waals surface area contributed by atoms with E-state index in [1.54, 1.807) is 4.90 Å². The summed E-state index contributed by atoms with van der Waals surface area (Å²) in [5.74, 6) is 0.560. The normalized spacial score (nSPS) is 30.5. The summed E-state index contributed by atoms with van der Waals surface area (Å²) in [6.07, 6.45) is 3.17. The molecular weight excluding hydrogens is 248 g/mol. The molecule has 2 heterocycles. The fraction of sp³-hybridized carbons (Fsp3) is 0.769. The molecule has 0 aliphatic carbocycles. The van der Waals surface area contributed by atoms with E-state index in [1.165, 1.54) is 4.90 Å². The predicted octanol–water partition coefficient (Wildman–Crippen LogP) is 0.653. The van der Waals surface area contributed by atoms with Crippen molar-refractivity contribution in [2.45, 2.75) is 38.3 Å². The Morgan fingerprint density at radius 1 is 1.37 bits per heavy atom. The van der Waals surface area contributed by atoms with Crippen molar-refractivity contribution in [1.29, 1.82) is 0 Å². The number of hydrogen-bond donors (Lipinski definition) is 0. The Morgan fingerprint density at radius 2 is 2.16 bits per heavy atom. The molecule has 19 heavy (non-hydrogen) atoms. The zero-order valence-corrected chi connectivity index (χ0v) is 11.2. The molecule has 0 bridgehead atoms. The van der Waals surface area contributed by atoms with Crippen LogP contribution in [0.5, 0.6) is 0 Å². The summed E-state index contributed by atoms with van der Waals surface area (Å²) in [4.78, 5) is 36.6. The number of nitrogens with zero attached hydrogens (tertiary/aromatic N) is 2. The lowest BCUT2D eigenvalue weighted by Gasteiger charge is -2.19. The molecule has 2 amide bonds. The number of hydrogen-bond acceptors (Lipinski definition) is 4. The SMILES string of the molecule is CCC1CCN(C(=O)OC2CC(C=O)N(C=O)C2)C1. The topological polar surface area (TPSA) is 66.9 Å². The van der Waals surface area contributed by atoms with Crippen LogP contribution in [0.15, 0.2) is 0 Å². The van der Waals surface area contributed by atoms with Crippen molar-refractivity contribution in [3.63, 3.8) is 0 Å². The summed E-state index contributed by atoms with van der Waals surface area (Å²) < 4.78 is 5.38. The molecule has 0 aromatic heterocycles. The molecule has 106 valence electrons. The third kappa shape index (κ3) is 3.05. The minimum Gasteiger partial charge on any atom is -0.444 e. The molecule has 2 fully saturated rings. The number of carbonyl (C=O) groups is 3. The predicted molar refractivity (Wildman–Crippen MR) is 67.5 cm³/mol. The van der Waals surface area contributed by atoms with Crippen LogP contribution >= 0.6 is 0 Å². The van der Waals surface area contributed by atoms with Gasteiger partial charge in [-0.05, 0) is 12.3 Å². The number of amides is 2. The van der Waals surface area contributed by atoms with Gasteiger partial charge in [0.05, 0.1) is 12.6 Å². The van der Waals surface area contributed by atoms with E-state index in [-0.39, 0.29) is 12.2 Å². The van der Waals surface area contributed by atoms with Gasteiger partial charge in [-0.15, -0.1) is 0 Å². The summed E-state index contributed by atoms with van der Waals surface area (Å²) in [6.45, 7) is 3.91. The molecule has 0 radical (unpaired) electrons. The molecule has 0 aromatic carbocycles. The summed E-state index contributed by atoms with van der Waals surface area (Å²) in [7, 11) is 0. The fourth-order valence-corrected chi connectivity index (χ4v) is 2.74. The first-order valence-electron chi connectivity index (χ1n) is 6.79. The molecule has 0 aromatic rings. The second-order valence-electron chi connectivity index (χ2n) is 5.26. The lowest BCUT2D eigenvalue weighted by Crippen LogP contribution is -2.33. The Hall–Kier alpha value is -1.59. The number of ether oxygens (including phenoxy) is 1. The monoisotopic (exact) mass is 268 g/mol. The Balaban J connectivity index is 1.83. The second-order valence-corrected chi connectivity index (χ2v) is 5.26. The van der Waals surface area contributed by atoms with Crippen molar-refractivity contribution in [2.24, 2.45) is 5.92 Å². The van der Waals surface area contributed by atoms with Crippen LogP contribution in [0.1, 0.15) is 26.2 Å². The van der Waals surface area contributed by atoms with E-state index in [4.69, 9.17) is 4.74 Å². The van der Waals surface area contributed by atoms with Crippen LogP contribution in [0, 0.1) is 5.92 Å². The van der Waals surface area contributed by atoms with Crippen LogP contribution in [-0.4, -0.2) is 60.4 Å². The molecule has 2 aliphatic heterocycles. The molecule has 0 saturated carbocycles. The molecule has 3 unspecified atom stereocenters. The van der Waals surface area contributed by atoms with Gasteiger partial charge in [0.15, 0.2) is 0 Å². The van der Waals surface area contributed by atoms with Crippen molar-refractivity contribution < 1.29 is 19.1 Å². The van der Waals surface area contributed by atoms with Gasteiger partial charge in [-0.3, -0.25) is 4.79 Å². The second kappa shape index (κ2) is 6.04. The fourth-order valence-electron chi connectivity index (χ4n) is 2.74. The first-order chi connectivity index (χ1) is 9.17. The van der Waals surface area contributed by atoms with Crippen LogP contribution in [0.25, 0.3) is 0 Å². The summed E-state index contributed by atoms with van der Waals surface area (Å²) >= 11 is 0. The number of rotatable bonds is 4. The average Bonchev–Trinajstić information content (AvgIpc) is 3.04. The van der Waals surface area contributed by atoms with Gasteiger partial charge in [0.25, 0.3) is 0 Å². The van der Waals surface area contributed by atoms with Crippen molar-refractivity contribution in [3.8, 4) is 0 Å². The largest absolute Gasteiger partial charge is 0.444 e. The minimum absolute atomic E-state index is 0.309. The van der Waals surface area contributed by atoms with Crippen LogP contribution in [0.4, 0.5) is 4.79 Å². The maximum atomic E-state index is 12.0. The van der Waals surface area contributed by atoms with Crippen LogP contribution in [0.3, 0.4) is 0 Å². The van der Waals surface area contributed by atoms with E-state index < -0.39 is 6.04 Å². The Labute approximate surface area is 112 Å². The lowest BCUT2D eigenvalue weighted by atomic mass is 10.1. The zero-order chi connectivity index (χ0) is 13.8. The quantitative estimate of drug-likeness (QED) is 0.702. The highest BCUT2D eigenvalue weighted by molar-refractivity contribution is 5.69. The molecule has 6 heteroatoms. The zero-order valence-electron chi connectivity index (χ0n) is 11.2. The van der Waals surface area contributed by atoms with Gasteiger partial charge in [0.2, 0.25) is 6.41 Å². The number of carbonyl (C=O) groups excluding carboxylic acids is 3.